The van der Waals surface area contributed by atoms with Crippen LogP contribution in [0, 0.1) is 0 Å². The van der Waals surface area contributed by atoms with Gasteiger partial charge < -0.3 is 55.1 Å². The van der Waals surface area contributed by atoms with Gasteiger partial charge in [-0.1, -0.05) is 0 Å². The minimum absolute atomic E-state index is 0.0422. The molecule has 14 nitrogen and oxygen atoms in total. The third kappa shape index (κ3) is 7.87. The van der Waals surface area contributed by atoms with Gasteiger partial charge in [0.25, 0.3) is 10.0 Å². The Morgan fingerprint density at radius 2 is 1.34 bits per heavy atom. The summed E-state index contributed by atoms with van der Waals surface area (Å²) in [6.07, 6.45) is 0.322. The normalized spacial score (nSPS) is 48.2. The van der Waals surface area contributed by atoms with E-state index in [1.807, 2.05) is 6.55 Å². The van der Waals surface area contributed by atoms with E-state index >= 15 is 0 Å². The monoisotopic (exact) mass is 640 g/mol. The number of esters is 1. The van der Waals surface area contributed by atoms with E-state index in [1.54, 1.807) is 47.0 Å². The molecule has 4 fully saturated rings. The van der Waals surface area contributed by atoms with E-state index in [4.69, 9.17) is 50.3 Å². The van der Waals surface area contributed by atoms with Gasteiger partial charge in [-0.05, 0) is 6.55 Å². The van der Waals surface area contributed by atoms with Crippen molar-refractivity contribution in [2.75, 3.05) is 27.1 Å². The summed E-state index contributed by atoms with van der Waals surface area (Å²) in [4.78, 5) is 11.4. The zero-order chi connectivity index (χ0) is 26.2. The first-order chi connectivity index (χ1) is 16.1. The first kappa shape index (κ1) is 30.3. The number of hydrogen-bond acceptors (Lipinski definition) is 14. The Hall–Kier alpha value is 0.725. The molecule has 0 aromatic rings. The molecule has 0 aromatic heterocycles. The van der Waals surface area contributed by atoms with Gasteiger partial charge in [0.05, 0.1) is 18.9 Å². The molecule has 6 bridgehead atoms. The molecule has 0 spiro atoms. The summed E-state index contributed by atoms with van der Waals surface area (Å²) in [5.74, 6) is -0.413. The Labute approximate surface area is 216 Å². The molecular weight excluding hydrogens is 605 g/mol. The van der Waals surface area contributed by atoms with Crippen molar-refractivity contribution in [3.05, 3.63) is 0 Å². The molecule has 204 valence electrons. The third-order valence-corrected chi connectivity index (χ3v) is 35.7. The molecule has 4 saturated heterocycles. The third-order valence-electron chi connectivity index (χ3n) is 4.84. The number of hydrogen-bond donors (Lipinski definition) is 0. The molecule has 0 saturated carbocycles. The molecule has 4 aliphatic rings. The standard InChI is InChI=1S/C11H30O13Si8.C2H6O/c1-11(12)13-8-9-32-16-25-15-28(4)19-29(5)17-26(2)10-14-27(3,23-32)18-30(6,21-29)22-31(7,20-28)24-32;1-3-2/h26H,8-10,25H2,1-7H3;1-2H3. The molecule has 0 amide bonds. The number of carbonyl (C=O) groups excluding carboxylic acids is 1. The Bertz CT molecular complexity index is 788. The van der Waals surface area contributed by atoms with Crippen molar-refractivity contribution >= 4 is 77.8 Å². The van der Waals surface area contributed by atoms with Gasteiger partial charge in [-0.15, -0.1) is 0 Å². The number of ether oxygens (including phenoxy) is 2. The highest BCUT2D eigenvalue weighted by Gasteiger charge is 2.71. The van der Waals surface area contributed by atoms with Crippen LogP contribution < -0.4 is 0 Å². The summed E-state index contributed by atoms with van der Waals surface area (Å²) in [6, 6.07) is 0.182. The lowest BCUT2D eigenvalue weighted by atomic mass is 10.8. The number of fused-ring (bicyclic) bond motifs is 4. The van der Waals surface area contributed by atoms with Crippen molar-refractivity contribution in [3.8, 4) is 0 Å². The maximum Gasteiger partial charge on any atom is 0.482 e. The minimum Gasteiger partial charge on any atom is -0.466 e. The van der Waals surface area contributed by atoms with Gasteiger partial charge in [-0.25, -0.2) is 0 Å². The van der Waals surface area contributed by atoms with Gasteiger partial charge in [0.2, 0.25) is 0 Å². The Morgan fingerprint density at radius 1 is 0.829 bits per heavy atom. The second kappa shape index (κ2) is 11.1. The highest BCUT2D eigenvalue weighted by Crippen LogP contribution is 2.41. The molecular formula is C13H36O14Si8. The van der Waals surface area contributed by atoms with Crippen LogP contribution in [-0.2, 0) is 59.8 Å². The SMILES string of the molecule is CC(=O)OCC[Si]12O[SiH2]O[Si]3(C)O[Si]4(C)O[SiH](C)CO[Si](C)(O[Si](C)(O4)O[Si](C)(O3)O1)O2.COC. The smallest absolute Gasteiger partial charge is 0.466 e. The van der Waals surface area contributed by atoms with Crippen LogP contribution in [0.3, 0.4) is 0 Å². The van der Waals surface area contributed by atoms with E-state index in [2.05, 4.69) is 4.74 Å². The summed E-state index contributed by atoms with van der Waals surface area (Å²) in [5, 5.41) is 0. The summed E-state index contributed by atoms with van der Waals surface area (Å²) >= 11 is 0. The Balaban J connectivity index is 0.00000108. The first-order valence-corrected chi connectivity index (χ1v) is 27.8. The molecule has 7 unspecified atom stereocenters. The van der Waals surface area contributed by atoms with E-state index in [-0.39, 0.29) is 12.7 Å². The molecule has 22 heteroatoms. The lowest BCUT2D eigenvalue weighted by Gasteiger charge is -2.53. The van der Waals surface area contributed by atoms with E-state index in [0.29, 0.717) is 6.23 Å². The lowest BCUT2D eigenvalue weighted by molar-refractivity contribution is -0.140. The molecule has 0 N–H and O–H groups in total. The van der Waals surface area contributed by atoms with Crippen LogP contribution in [-0.4, -0.2) is 105 Å². The number of rotatable bonds is 3. The maximum atomic E-state index is 11.4. The topological polar surface area (TPSA) is 137 Å². The second-order valence-electron chi connectivity index (χ2n) is 8.85. The largest absolute Gasteiger partial charge is 0.482 e. The average Bonchev–Trinajstić information content (AvgIpc) is 2.65. The van der Waals surface area contributed by atoms with Crippen molar-refractivity contribution in [3.63, 3.8) is 0 Å². The summed E-state index contributed by atoms with van der Waals surface area (Å²) in [7, 11) is -20.9. The zero-order valence-electron chi connectivity index (χ0n) is 21.6. The van der Waals surface area contributed by atoms with Crippen LogP contribution in [0.15, 0.2) is 0 Å². The maximum absolute atomic E-state index is 11.4. The van der Waals surface area contributed by atoms with E-state index < -0.39 is 77.8 Å². The summed E-state index contributed by atoms with van der Waals surface area (Å²) in [6.45, 7) is 12.2. The molecule has 4 rings (SSSR count). The van der Waals surface area contributed by atoms with Crippen LogP contribution in [0.4, 0.5) is 0 Å². The van der Waals surface area contributed by atoms with Crippen LogP contribution in [0.2, 0.25) is 45.3 Å². The highest BCUT2D eigenvalue weighted by atomic mass is 28.6. The molecule has 7 atom stereocenters. The second-order valence-corrected chi connectivity index (χ2v) is 30.8. The molecule has 0 aliphatic carbocycles. The zero-order valence-corrected chi connectivity index (χ0v) is 30.2. The lowest BCUT2D eigenvalue weighted by Crippen LogP contribution is -2.78. The van der Waals surface area contributed by atoms with Crippen molar-refractivity contribution in [1.82, 2.24) is 0 Å². The Kier molecular flexibility index (Phi) is 9.58. The van der Waals surface area contributed by atoms with Gasteiger partial charge in [-0.2, -0.15) is 0 Å². The van der Waals surface area contributed by atoms with Gasteiger partial charge in [0.1, 0.15) is 0 Å². The summed E-state index contributed by atoms with van der Waals surface area (Å²) in [5.41, 5.74) is 0. The fourth-order valence-corrected chi connectivity index (χ4v) is 41.7. The first-order valence-electron chi connectivity index (χ1n) is 11.1. The minimum atomic E-state index is -3.56. The van der Waals surface area contributed by atoms with Gasteiger partial charge in [0, 0.05) is 53.9 Å². The molecule has 4 heterocycles. The molecule has 0 aromatic carbocycles. The van der Waals surface area contributed by atoms with Crippen molar-refractivity contribution in [2.45, 2.75) is 52.2 Å². The van der Waals surface area contributed by atoms with Crippen molar-refractivity contribution < 1.29 is 59.8 Å². The fraction of sp³-hybridized carbons (Fsp3) is 0.923. The van der Waals surface area contributed by atoms with Gasteiger partial charge >= 0.3 is 58.8 Å². The van der Waals surface area contributed by atoms with Crippen molar-refractivity contribution in [1.29, 1.82) is 0 Å². The molecule has 4 aliphatic heterocycles. The molecule has 35 heavy (non-hydrogen) atoms. The van der Waals surface area contributed by atoms with Crippen LogP contribution in [0.1, 0.15) is 6.92 Å². The summed E-state index contributed by atoms with van der Waals surface area (Å²) < 4.78 is 79.8. The van der Waals surface area contributed by atoms with E-state index in [9.17, 15) is 4.79 Å². The van der Waals surface area contributed by atoms with Gasteiger partial charge in [-0.3, -0.25) is 4.79 Å². The average molecular weight is 641 g/mol. The predicted octanol–water partition coefficient (Wildman–Crippen LogP) is -0.277. The van der Waals surface area contributed by atoms with E-state index in [1.165, 1.54) is 6.92 Å². The highest BCUT2D eigenvalue weighted by molar-refractivity contribution is 6.96. The quantitative estimate of drug-likeness (QED) is 0.295. The van der Waals surface area contributed by atoms with Gasteiger partial charge in [0.15, 0.2) is 9.04 Å². The molecule has 0 radical (unpaired) electrons. The van der Waals surface area contributed by atoms with Crippen LogP contribution in [0.5, 0.6) is 0 Å². The fourth-order valence-electron chi connectivity index (χ4n) is 4.07. The van der Waals surface area contributed by atoms with Crippen LogP contribution >= 0.6 is 0 Å². The number of methoxy groups -OCH3 is 1. The Morgan fingerprint density at radius 3 is 2.00 bits per heavy atom. The predicted molar refractivity (Wildman–Crippen MR) is 137 cm³/mol. The van der Waals surface area contributed by atoms with E-state index in [0.717, 1.165) is 0 Å². The number of carbonyl (C=O) groups is 1. The van der Waals surface area contributed by atoms with Crippen molar-refractivity contribution in [2.24, 2.45) is 0 Å². The van der Waals surface area contributed by atoms with Crippen LogP contribution in [0.25, 0.3) is 0 Å².